The second-order valence-corrected chi connectivity index (χ2v) is 7.38. The summed E-state index contributed by atoms with van der Waals surface area (Å²) < 4.78 is 7.51. The van der Waals surface area contributed by atoms with Gasteiger partial charge in [0.15, 0.2) is 0 Å². The van der Waals surface area contributed by atoms with Crippen LogP contribution in [0.5, 0.6) is 5.75 Å². The predicted molar refractivity (Wildman–Crippen MR) is 110 cm³/mol. The third kappa shape index (κ3) is 4.17. The summed E-state index contributed by atoms with van der Waals surface area (Å²) >= 11 is 6.65. The van der Waals surface area contributed by atoms with Gasteiger partial charge in [-0.05, 0) is 35.7 Å². The molecule has 6 nitrogen and oxygen atoms in total. The van der Waals surface area contributed by atoms with Gasteiger partial charge in [0.05, 0.1) is 16.6 Å². The van der Waals surface area contributed by atoms with Gasteiger partial charge < -0.3 is 4.74 Å². The van der Waals surface area contributed by atoms with Gasteiger partial charge in [-0.1, -0.05) is 41.9 Å². The molecule has 2 amide bonds. The smallest absolute Gasteiger partial charge is 0.234 e. The third-order valence-corrected chi connectivity index (χ3v) is 5.39. The molecule has 0 bridgehead atoms. The molecule has 148 valence electrons. The lowest BCUT2D eigenvalue weighted by molar-refractivity contribution is -0.134. The number of amides is 2. The highest BCUT2D eigenvalue weighted by Crippen LogP contribution is 2.37. The number of carbonyl (C=O) groups excluding carboxylic acids is 2. The van der Waals surface area contributed by atoms with Gasteiger partial charge >= 0.3 is 0 Å². The van der Waals surface area contributed by atoms with Gasteiger partial charge in [0.25, 0.3) is 0 Å². The van der Waals surface area contributed by atoms with Crippen LogP contribution >= 0.6 is 11.6 Å². The Morgan fingerprint density at radius 2 is 1.97 bits per heavy atom. The predicted octanol–water partition coefficient (Wildman–Crippen LogP) is 3.84. The first kappa shape index (κ1) is 19.2. The molecule has 1 saturated heterocycles. The van der Waals surface area contributed by atoms with Crippen LogP contribution in [0.3, 0.4) is 0 Å². The van der Waals surface area contributed by atoms with Crippen molar-refractivity contribution in [1.29, 1.82) is 0 Å². The fourth-order valence-electron chi connectivity index (χ4n) is 3.46. The first-order chi connectivity index (χ1) is 14.0. The highest BCUT2D eigenvalue weighted by Gasteiger charge is 2.30. The third-order valence-electron chi connectivity index (χ3n) is 4.96. The first-order valence-corrected chi connectivity index (χ1v) is 9.73. The van der Waals surface area contributed by atoms with Crippen LogP contribution in [0.15, 0.2) is 54.7 Å². The van der Waals surface area contributed by atoms with Crippen molar-refractivity contribution in [1.82, 2.24) is 15.1 Å². The van der Waals surface area contributed by atoms with E-state index in [-0.39, 0.29) is 11.8 Å². The van der Waals surface area contributed by atoms with E-state index in [1.165, 1.54) is 0 Å². The van der Waals surface area contributed by atoms with Gasteiger partial charge in [0.1, 0.15) is 12.4 Å². The van der Waals surface area contributed by atoms with Crippen molar-refractivity contribution in [3.8, 4) is 16.9 Å². The Balaban J connectivity index is 1.52. The van der Waals surface area contributed by atoms with Crippen LogP contribution < -0.4 is 10.1 Å². The van der Waals surface area contributed by atoms with Crippen LogP contribution in [-0.2, 0) is 23.2 Å². The highest BCUT2D eigenvalue weighted by atomic mass is 35.5. The van der Waals surface area contributed by atoms with Crippen LogP contribution in [0.25, 0.3) is 11.1 Å². The first-order valence-electron chi connectivity index (χ1n) is 9.35. The highest BCUT2D eigenvalue weighted by molar-refractivity contribution is 6.34. The number of imide groups is 1. The van der Waals surface area contributed by atoms with Gasteiger partial charge in [-0.3, -0.25) is 19.6 Å². The molecule has 3 aromatic rings. The van der Waals surface area contributed by atoms with Crippen LogP contribution in [0, 0.1) is 0 Å². The summed E-state index contributed by atoms with van der Waals surface area (Å²) in [6.07, 6.45) is 2.66. The molecule has 1 aliphatic rings. The number of nitrogens with zero attached hydrogens (tertiary/aromatic N) is 2. The number of halogens is 1. The van der Waals surface area contributed by atoms with Crippen molar-refractivity contribution in [2.75, 3.05) is 0 Å². The number of hydrogen-bond acceptors (Lipinski definition) is 4. The quantitative estimate of drug-likeness (QED) is 0.650. The molecule has 2 aromatic carbocycles. The van der Waals surface area contributed by atoms with Crippen LogP contribution in [-0.4, -0.2) is 21.6 Å². The van der Waals surface area contributed by atoms with Crippen molar-refractivity contribution in [2.45, 2.75) is 25.4 Å². The summed E-state index contributed by atoms with van der Waals surface area (Å²) in [7, 11) is 1.87. The fraction of sp³-hybridized carbons (Fsp3) is 0.227. The largest absolute Gasteiger partial charge is 0.487 e. The average Bonchev–Trinajstić information content (AvgIpc) is 3.13. The lowest BCUT2D eigenvalue weighted by Crippen LogP contribution is -2.39. The van der Waals surface area contributed by atoms with E-state index in [9.17, 15) is 9.59 Å². The SMILES string of the molecule is Cn1ccc(COc2ccc(-c3cccc([C@@H]4CCC(=O)NC4=O)c3Cl)cc2)n1. The molecule has 1 aliphatic heterocycles. The molecule has 1 N–H and O–H groups in total. The standard InChI is InChI=1S/C22H20ClN3O3/c1-26-12-11-15(25-26)13-29-16-7-5-14(6-8-16)17-3-2-4-18(21(17)23)19-9-10-20(27)24-22(19)28/h2-8,11-12,19H,9-10,13H2,1H3,(H,24,27,28)/t19-/m0/s1. The van der Waals surface area contributed by atoms with Crippen LogP contribution in [0.2, 0.25) is 5.02 Å². The van der Waals surface area contributed by atoms with Gasteiger partial charge in [-0.2, -0.15) is 5.10 Å². The Kier molecular flexibility index (Phi) is 5.36. The normalized spacial score (nSPS) is 16.6. The van der Waals surface area contributed by atoms with Crippen molar-refractivity contribution in [3.63, 3.8) is 0 Å². The molecule has 0 saturated carbocycles. The van der Waals surface area contributed by atoms with Crippen LogP contribution in [0.4, 0.5) is 0 Å². The molecule has 1 atom stereocenters. The number of carbonyl (C=O) groups is 2. The summed E-state index contributed by atoms with van der Waals surface area (Å²) in [5.74, 6) is -0.212. The number of aryl methyl sites for hydroxylation is 1. The van der Waals surface area contributed by atoms with E-state index in [2.05, 4.69) is 10.4 Å². The van der Waals surface area contributed by atoms with Crippen molar-refractivity contribution >= 4 is 23.4 Å². The zero-order valence-electron chi connectivity index (χ0n) is 15.9. The van der Waals surface area contributed by atoms with E-state index in [1.54, 1.807) is 4.68 Å². The Morgan fingerprint density at radius 3 is 2.66 bits per heavy atom. The summed E-state index contributed by atoms with van der Waals surface area (Å²) in [5.41, 5.74) is 3.36. The Bertz CT molecular complexity index is 1060. The fourth-order valence-corrected chi connectivity index (χ4v) is 3.83. The number of rotatable bonds is 5. The van der Waals surface area contributed by atoms with E-state index in [4.69, 9.17) is 16.3 Å². The lowest BCUT2D eigenvalue weighted by atomic mass is 9.88. The maximum atomic E-state index is 12.2. The summed E-state index contributed by atoms with van der Waals surface area (Å²) in [4.78, 5) is 23.6. The molecule has 1 aromatic heterocycles. The number of piperidine rings is 1. The molecular formula is C22H20ClN3O3. The maximum Gasteiger partial charge on any atom is 0.234 e. The number of aromatic nitrogens is 2. The Hall–Kier alpha value is -3.12. The van der Waals surface area contributed by atoms with E-state index in [0.29, 0.717) is 24.5 Å². The Morgan fingerprint density at radius 1 is 1.17 bits per heavy atom. The summed E-state index contributed by atoms with van der Waals surface area (Å²) in [6, 6.07) is 15.2. The molecule has 29 heavy (non-hydrogen) atoms. The van der Waals surface area contributed by atoms with Crippen molar-refractivity contribution < 1.29 is 14.3 Å². The number of benzene rings is 2. The second-order valence-electron chi connectivity index (χ2n) is 7.01. The van der Waals surface area contributed by atoms with E-state index >= 15 is 0 Å². The van der Waals surface area contributed by atoms with Crippen molar-refractivity contribution in [3.05, 3.63) is 71.0 Å². The second kappa shape index (κ2) is 8.09. The molecule has 0 radical (unpaired) electrons. The molecule has 4 rings (SSSR count). The molecule has 1 fully saturated rings. The average molecular weight is 410 g/mol. The topological polar surface area (TPSA) is 73.2 Å². The molecule has 0 aliphatic carbocycles. The van der Waals surface area contributed by atoms with E-state index in [0.717, 1.165) is 28.1 Å². The minimum atomic E-state index is -0.416. The number of hydrogen-bond donors (Lipinski definition) is 1. The van der Waals surface area contributed by atoms with Gasteiger partial charge in [0, 0.05) is 25.2 Å². The summed E-state index contributed by atoms with van der Waals surface area (Å²) in [5, 5.41) is 7.21. The van der Waals surface area contributed by atoms with E-state index in [1.807, 2.05) is 61.8 Å². The van der Waals surface area contributed by atoms with Gasteiger partial charge in [0.2, 0.25) is 11.8 Å². The van der Waals surface area contributed by atoms with Crippen molar-refractivity contribution in [2.24, 2.45) is 7.05 Å². The minimum Gasteiger partial charge on any atom is -0.487 e. The Labute approximate surface area is 173 Å². The molecule has 2 heterocycles. The monoisotopic (exact) mass is 409 g/mol. The molecular weight excluding hydrogens is 390 g/mol. The van der Waals surface area contributed by atoms with E-state index < -0.39 is 5.92 Å². The molecule has 7 heteroatoms. The molecule has 0 spiro atoms. The number of nitrogens with one attached hydrogen (secondary N) is 1. The minimum absolute atomic E-state index is 0.236. The maximum absolute atomic E-state index is 12.2. The molecule has 0 unspecified atom stereocenters. The van der Waals surface area contributed by atoms with Crippen LogP contribution in [0.1, 0.15) is 30.0 Å². The summed E-state index contributed by atoms with van der Waals surface area (Å²) in [6.45, 7) is 0.395. The lowest BCUT2D eigenvalue weighted by Gasteiger charge is -2.23. The van der Waals surface area contributed by atoms with Gasteiger partial charge in [-0.25, -0.2) is 0 Å². The zero-order valence-corrected chi connectivity index (χ0v) is 16.6. The zero-order chi connectivity index (χ0) is 20.4. The number of ether oxygens (including phenoxy) is 1. The van der Waals surface area contributed by atoms with Gasteiger partial charge in [-0.15, -0.1) is 0 Å².